The fraction of sp³-hybridized carbons (Fsp3) is 0.562. The second-order valence-corrected chi connectivity index (χ2v) is 35.7. The number of aromatic nitrogens is 1. The number of ether oxygens (including phenoxy) is 9. The number of hydrogen-bond donors (Lipinski definition) is 8. The third-order valence-corrected chi connectivity index (χ3v) is 28.1. The van der Waals surface area contributed by atoms with Crippen molar-refractivity contribution < 1.29 is 116 Å². The van der Waals surface area contributed by atoms with Crippen molar-refractivity contribution in [1.82, 2.24) is 20.1 Å². The number of carbonyl (C=O) groups is 9. The van der Waals surface area contributed by atoms with Crippen LogP contribution in [-0.2, 0) is 88.7 Å². The minimum Gasteiger partial charge on any atom is -0.496 e. The highest BCUT2D eigenvalue weighted by Gasteiger charge is 2.82. The van der Waals surface area contributed by atoms with E-state index in [1.54, 1.807) is 89.2 Å². The molecule has 1 unspecified atom stereocenters. The Morgan fingerprint density at radius 3 is 2.10 bits per heavy atom. The molecule has 4 bridgehead atoms. The number of hydrogen-bond acceptors (Lipinski definition) is 26. The summed E-state index contributed by atoms with van der Waals surface area (Å²) in [6.45, 7) is 20.0. The van der Waals surface area contributed by atoms with E-state index in [1.165, 1.54) is 59.1 Å². The van der Waals surface area contributed by atoms with E-state index in [0.29, 0.717) is 105 Å². The molecule has 10 aliphatic rings. The van der Waals surface area contributed by atoms with Gasteiger partial charge in [0.15, 0.2) is 23.6 Å². The normalized spacial score (nSPS) is 35.1. The minimum absolute atomic E-state index is 0.0637. The molecule has 3 saturated heterocycles. The van der Waals surface area contributed by atoms with Gasteiger partial charge in [0.1, 0.15) is 46.8 Å². The molecule has 1 aromatic heterocycles. The van der Waals surface area contributed by atoms with Gasteiger partial charge in [-0.05, 0) is 138 Å². The number of methoxy groups -OCH3 is 3. The average Bonchev–Trinajstić information content (AvgIpc) is 1.37. The Morgan fingerprint density at radius 2 is 1.48 bits per heavy atom. The van der Waals surface area contributed by atoms with E-state index < -0.39 is 176 Å². The number of alkyl carbamates (subject to hydrolysis) is 1. The number of benzene rings is 4. The standard InChI is InChI=1S/C46H56N4O10.C43H53NO14/c1-7-42(55)22-28-23-45(40(53)58-5,36-30(14-18-48(24-28)25-42)29-12-9-10-13-33(29)47-36)32-20-31-34(21-35(32)57-4)50(26-51)38-44(31)16-19-49-17-11-15-43(8-2,37(44)49)39(60-27(3)52)46(38,56)41(54)59-6;1-22-26(55-37(51)32(48)30(24-15-11-9-12-16-24)44-38(52)58-39(3,4)5)20-43(53)35(56-36(50)25-17-13-10-14-18-25)33-41(8,34(49)31(47)29(22)40(43,6)7)27(46)19-28-42(33,21-54-28)57-23(2)45/h9-13,15,20-21,26,28,37-39,47,55-56H,7-8,14,16-19,22-25H2,1-6H3;9-18,26-28,30-33,35,46-48,53H,19-21H2,1-8H3,(H,44,52)/t28-,37+,38-,39-,42+,43-,44-,45+,46+;26-,27-,28+,30-,31+,32?,33-,35-,41+,42-,43+/m10/s1. The molecule has 15 rings (SSSR count). The number of H-pyrrole nitrogens is 1. The van der Waals surface area contributed by atoms with Crippen LogP contribution in [0.4, 0.5) is 10.5 Å². The first-order chi connectivity index (χ1) is 55.7. The molecule has 2 amide bonds. The van der Waals surface area contributed by atoms with Crippen LogP contribution in [0.3, 0.4) is 0 Å². The lowest BCUT2D eigenvalue weighted by atomic mass is 9.44. The number of piperidine rings is 1. The van der Waals surface area contributed by atoms with Crippen LogP contribution in [0.2, 0.25) is 0 Å². The molecule has 4 aromatic carbocycles. The van der Waals surface area contributed by atoms with Crippen LogP contribution in [0.1, 0.15) is 165 Å². The number of anilines is 1. The highest BCUT2D eigenvalue weighted by Crippen LogP contribution is 2.70. The zero-order valence-electron chi connectivity index (χ0n) is 69.2. The molecule has 634 valence electrons. The fourth-order valence-corrected chi connectivity index (χ4v) is 22.9. The van der Waals surface area contributed by atoms with Gasteiger partial charge in [0.05, 0.1) is 74.3 Å². The maximum Gasteiger partial charge on any atom is 0.408 e. The molecule has 21 atom stereocenters. The lowest BCUT2D eigenvalue weighted by molar-refractivity contribution is -0.346. The molecule has 6 fully saturated rings. The molecule has 8 N–H and O–H groups in total. The summed E-state index contributed by atoms with van der Waals surface area (Å²) < 4.78 is 53.2. The number of amides is 2. The van der Waals surface area contributed by atoms with Gasteiger partial charge in [-0.15, -0.1) is 0 Å². The Kier molecular flexibility index (Phi) is 22.1. The van der Waals surface area contributed by atoms with Crippen molar-refractivity contribution in [3.05, 3.63) is 154 Å². The van der Waals surface area contributed by atoms with Crippen LogP contribution in [0.25, 0.3) is 10.9 Å². The van der Waals surface area contributed by atoms with Gasteiger partial charge in [0.2, 0.25) is 12.0 Å². The second kappa shape index (κ2) is 30.7. The maximum absolute atomic E-state index is 15.3. The van der Waals surface area contributed by atoms with Gasteiger partial charge < -0.3 is 88.5 Å². The molecule has 118 heavy (non-hydrogen) atoms. The minimum atomic E-state index is -2.53. The van der Waals surface area contributed by atoms with Crippen molar-refractivity contribution in [2.24, 2.45) is 28.1 Å². The van der Waals surface area contributed by atoms with Gasteiger partial charge >= 0.3 is 41.9 Å². The molecular weight excluding hydrogens is 1520 g/mol. The molecular formula is C89H109N5O24. The lowest BCUT2D eigenvalue weighted by Gasteiger charge is -2.67. The van der Waals surface area contributed by atoms with Gasteiger partial charge in [-0.2, -0.15) is 0 Å². The van der Waals surface area contributed by atoms with Crippen LogP contribution in [0, 0.1) is 28.1 Å². The van der Waals surface area contributed by atoms with Crippen molar-refractivity contribution in [2.45, 2.75) is 227 Å². The highest BCUT2D eigenvalue weighted by molar-refractivity contribution is 5.98. The molecule has 1 spiro atoms. The molecule has 6 aliphatic heterocycles. The largest absolute Gasteiger partial charge is 0.496 e. The van der Waals surface area contributed by atoms with Crippen LogP contribution in [0.15, 0.2) is 120 Å². The van der Waals surface area contributed by atoms with Crippen molar-refractivity contribution in [2.75, 3.05) is 65.6 Å². The molecule has 0 radical (unpaired) electrons. The third kappa shape index (κ3) is 13.0. The maximum atomic E-state index is 15.3. The van der Waals surface area contributed by atoms with E-state index in [2.05, 4.69) is 26.2 Å². The lowest BCUT2D eigenvalue weighted by Crippen LogP contribution is -2.81. The number of aliphatic hydroxyl groups excluding tert-OH is 3. The number of para-hydroxylation sites is 1. The van der Waals surface area contributed by atoms with Gasteiger partial charge in [0, 0.05) is 103 Å². The zero-order valence-corrected chi connectivity index (χ0v) is 69.2. The smallest absolute Gasteiger partial charge is 0.408 e. The Hall–Kier alpha value is -9.43. The Bertz CT molecular complexity index is 4890. The number of Topliss-reactive ketones (excluding diaryl/α,β-unsaturated/α-hetero) is 1. The van der Waals surface area contributed by atoms with Gasteiger partial charge in [-0.3, -0.25) is 33.8 Å². The van der Waals surface area contributed by atoms with Crippen molar-refractivity contribution in [3.8, 4) is 5.75 Å². The molecule has 7 heterocycles. The third-order valence-electron chi connectivity index (χ3n) is 28.1. The second-order valence-electron chi connectivity index (χ2n) is 35.7. The summed E-state index contributed by atoms with van der Waals surface area (Å²) >= 11 is 0. The number of esters is 6. The number of aromatic amines is 1. The summed E-state index contributed by atoms with van der Waals surface area (Å²) in [5.41, 5.74) is -11.3. The predicted molar refractivity (Wildman–Crippen MR) is 424 cm³/mol. The SMILES string of the molecule is CC(=O)O[C@@]12CO[C@@H]1C[C@H](O)[C@@]1(C)C(=O)[C@H](O)C3=C(C)[C@@H](OC(=O)C(O)[C@@H](NC(=O)OC(C)(C)C)c4ccccc4)C[C@@](O)([C@@H](OC(=O)c4ccccc4)[C@H]21)C3(C)C.CC[C@]1(O)C[C@H]2C[N@](CCc3c([nH]c4ccccc34)[C@@](C(=O)OC)(c3cc4c(cc3OC)N(C=O)[C@H]3[C@@](O)(C(=O)OC)[C@H](OC(C)=O)[C@]5(CC)C=CCN6CC[C@]43[C@@H]65)C2)C1. The van der Waals surface area contributed by atoms with Crippen LogP contribution in [0.5, 0.6) is 5.75 Å². The summed E-state index contributed by atoms with van der Waals surface area (Å²) in [4.78, 5) is 135. The van der Waals surface area contributed by atoms with Crippen LogP contribution in [-0.4, -0.2) is 243 Å². The summed E-state index contributed by atoms with van der Waals surface area (Å²) in [7, 11) is 4.09. The Balaban J connectivity index is 0.000000194. The predicted octanol–water partition coefficient (Wildman–Crippen LogP) is 6.78. The van der Waals surface area contributed by atoms with Gasteiger partial charge in [0.25, 0.3) is 0 Å². The summed E-state index contributed by atoms with van der Waals surface area (Å²) in [6, 6.07) is 24.6. The fourth-order valence-electron chi connectivity index (χ4n) is 22.9. The molecule has 29 heteroatoms. The monoisotopic (exact) mass is 1630 g/mol. The average molecular weight is 1630 g/mol. The van der Waals surface area contributed by atoms with Gasteiger partial charge in [-0.1, -0.05) is 107 Å². The number of nitrogens with zero attached hydrogens (tertiary/aromatic N) is 3. The summed E-state index contributed by atoms with van der Waals surface area (Å²) in [5, 5.41) is 77.8. The van der Waals surface area contributed by atoms with E-state index in [1.807, 2.05) is 50.3 Å². The first kappa shape index (κ1) is 85.0. The molecule has 4 aliphatic carbocycles. The van der Waals surface area contributed by atoms with Crippen LogP contribution >= 0.6 is 0 Å². The van der Waals surface area contributed by atoms with E-state index in [9.17, 15) is 69.0 Å². The number of carbonyl (C=O) groups excluding carboxylic acids is 9. The topological polar surface area (TPSA) is 396 Å². The molecule has 5 aromatic rings. The Morgan fingerprint density at radius 1 is 0.805 bits per heavy atom. The van der Waals surface area contributed by atoms with Crippen molar-refractivity contribution in [1.29, 1.82) is 0 Å². The van der Waals surface area contributed by atoms with E-state index in [4.69, 9.17) is 42.6 Å². The van der Waals surface area contributed by atoms with E-state index in [0.717, 1.165) is 23.4 Å². The van der Waals surface area contributed by atoms with Crippen molar-refractivity contribution >= 4 is 70.7 Å². The Labute approximate surface area is 684 Å². The number of nitrogens with one attached hydrogen (secondary N) is 2. The highest BCUT2D eigenvalue weighted by atomic mass is 16.6. The molecule has 3 saturated carbocycles. The summed E-state index contributed by atoms with van der Waals surface area (Å²) in [6.07, 6.45) is -5.65. The summed E-state index contributed by atoms with van der Waals surface area (Å²) in [5.74, 6) is -7.43. The molecule has 29 nitrogen and oxygen atoms in total. The zero-order chi connectivity index (χ0) is 85.3. The number of aliphatic hydroxyl groups is 6. The number of fused-ring (bicyclic) bond motifs is 11. The van der Waals surface area contributed by atoms with Crippen molar-refractivity contribution in [3.63, 3.8) is 0 Å². The van der Waals surface area contributed by atoms with E-state index in [-0.39, 0.29) is 42.1 Å². The number of rotatable bonds is 16. The quantitative estimate of drug-likeness (QED) is 0.0218. The van der Waals surface area contributed by atoms with Crippen LogP contribution < -0.4 is 15.0 Å². The first-order valence-corrected chi connectivity index (χ1v) is 40.6. The number of ketones is 1. The van der Waals surface area contributed by atoms with E-state index >= 15 is 4.79 Å². The first-order valence-electron chi connectivity index (χ1n) is 40.6. The van der Waals surface area contributed by atoms with Gasteiger partial charge in [-0.25, -0.2) is 19.2 Å².